The Kier molecular flexibility index (Phi) is 3.56. The van der Waals surface area contributed by atoms with Crippen LogP contribution in [0.25, 0.3) is 17.0 Å². The van der Waals surface area contributed by atoms with E-state index < -0.39 is 0 Å². The maximum Gasteiger partial charge on any atom is 0.186 e. The molecular weight excluding hydrogens is 407 g/mol. The standard InChI is InChI=1S/C13H9Br2ClN4/c1-6-7(2)12-17-18-13(20(12)19-11(6)16)9-5-8(14)3-4-10(9)15/h3-5H,1-2H3. The van der Waals surface area contributed by atoms with Crippen molar-refractivity contribution in [3.63, 3.8) is 0 Å². The Hall–Kier alpha value is -0.980. The van der Waals surface area contributed by atoms with Crippen LogP contribution in [0.3, 0.4) is 0 Å². The first kappa shape index (κ1) is 14.0. The van der Waals surface area contributed by atoms with Crippen LogP contribution in [0.15, 0.2) is 27.1 Å². The Morgan fingerprint density at radius 2 is 1.85 bits per heavy atom. The van der Waals surface area contributed by atoms with Gasteiger partial charge in [-0.2, -0.15) is 9.61 Å². The van der Waals surface area contributed by atoms with E-state index in [0.717, 1.165) is 25.6 Å². The fourth-order valence-electron chi connectivity index (χ4n) is 1.93. The van der Waals surface area contributed by atoms with Crippen LogP contribution < -0.4 is 0 Å². The van der Waals surface area contributed by atoms with Crippen molar-refractivity contribution in [3.05, 3.63) is 43.4 Å². The second-order valence-corrected chi connectivity index (χ2v) is 6.55. The zero-order valence-electron chi connectivity index (χ0n) is 10.7. The van der Waals surface area contributed by atoms with E-state index in [0.29, 0.717) is 16.6 Å². The van der Waals surface area contributed by atoms with E-state index in [-0.39, 0.29) is 0 Å². The summed E-state index contributed by atoms with van der Waals surface area (Å²) in [6, 6.07) is 5.86. The van der Waals surface area contributed by atoms with Crippen molar-refractivity contribution in [3.8, 4) is 11.4 Å². The summed E-state index contributed by atoms with van der Waals surface area (Å²) in [5, 5.41) is 13.3. The molecule has 3 aromatic rings. The van der Waals surface area contributed by atoms with Gasteiger partial charge in [-0.05, 0) is 37.6 Å². The molecule has 0 atom stereocenters. The molecule has 0 saturated heterocycles. The zero-order chi connectivity index (χ0) is 14.4. The van der Waals surface area contributed by atoms with Crippen molar-refractivity contribution in [2.75, 3.05) is 0 Å². The number of nitrogens with zero attached hydrogens (tertiary/aromatic N) is 4. The van der Waals surface area contributed by atoms with Crippen LogP contribution in [0.2, 0.25) is 5.15 Å². The van der Waals surface area contributed by atoms with Gasteiger partial charge in [0.15, 0.2) is 16.6 Å². The van der Waals surface area contributed by atoms with Crippen molar-refractivity contribution in [1.29, 1.82) is 0 Å². The molecule has 0 spiro atoms. The zero-order valence-corrected chi connectivity index (χ0v) is 14.6. The van der Waals surface area contributed by atoms with Gasteiger partial charge in [0.25, 0.3) is 0 Å². The van der Waals surface area contributed by atoms with E-state index in [1.807, 2.05) is 32.0 Å². The van der Waals surface area contributed by atoms with Crippen LogP contribution in [0.4, 0.5) is 0 Å². The van der Waals surface area contributed by atoms with Crippen molar-refractivity contribution in [2.24, 2.45) is 0 Å². The fourth-order valence-corrected chi connectivity index (χ4v) is 2.93. The minimum atomic E-state index is 0.460. The quantitative estimate of drug-likeness (QED) is 0.583. The second kappa shape index (κ2) is 5.09. The normalized spacial score (nSPS) is 11.2. The Labute approximate surface area is 137 Å². The molecule has 7 heteroatoms. The van der Waals surface area contributed by atoms with Gasteiger partial charge in [0.1, 0.15) is 0 Å². The Bertz CT molecular complexity index is 829. The van der Waals surface area contributed by atoms with Gasteiger partial charge in [0.2, 0.25) is 0 Å². The van der Waals surface area contributed by atoms with Crippen molar-refractivity contribution in [1.82, 2.24) is 19.8 Å². The topological polar surface area (TPSA) is 43.1 Å². The fraction of sp³-hybridized carbons (Fsp3) is 0.154. The summed E-state index contributed by atoms with van der Waals surface area (Å²) in [6.45, 7) is 3.89. The Morgan fingerprint density at radius 1 is 1.10 bits per heavy atom. The second-order valence-electron chi connectivity index (χ2n) is 4.42. The molecule has 3 rings (SSSR count). The predicted octanol–water partition coefficient (Wildman–Crippen LogP) is 4.59. The first-order valence-electron chi connectivity index (χ1n) is 5.82. The van der Waals surface area contributed by atoms with Gasteiger partial charge < -0.3 is 0 Å². The number of halogens is 3. The third-order valence-electron chi connectivity index (χ3n) is 3.21. The number of fused-ring (bicyclic) bond motifs is 1. The van der Waals surface area contributed by atoms with Gasteiger partial charge in [0.05, 0.1) is 0 Å². The third-order valence-corrected chi connectivity index (χ3v) is 4.75. The molecule has 0 radical (unpaired) electrons. The van der Waals surface area contributed by atoms with Crippen LogP contribution in [0.5, 0.6) is 0 Å². The number of hydrogen-bond donors (Lipinski definition) is 0. The summed E-state index contributed by atoms with van der Waals surface area (Å²) in [6.07, 6.45) is 0. The third kappa shape index (κ3) is 2.16. The molecule has 0 unspecified atom stereocenters. The minimum absolute atomic E-state index is 0.460. The lowest BCUT2D eigenvalue weighted by atomic mass is 10.2. The van der Waals surface area contributed by atoms with E-state index in [1.165, 1.54) is 0 Å². The van der Waals surface area contributed by atoms with E-state index >= 15 is 0 Å². The highest BCUT2D eigenvalue weighted by Gasteiger charge is 2.16. The molecule has 0 N–H and O–H groups in total. The molecule has 2 heterocycles. The smallest absolute Gasteiger partial charge is 0.186 e. The maximum absolute atomic E-state index is 6.17. The molecule has 0 saturated carbocycles. The molecule has 0 aliphatic heterocycles. The maximum atomic E-state index is 6.17. The van der Waals surface area contributed by atoms with Crippen LogP contribution >= 0.6 is 43.5 Å². The first-order valence-corrected chi connectivity index (χ1v) is 7.79. The van der Waals surface area contributed by atoms with Gasteiger partial charge in [-0.3, -0.25) is 0 Å². The number of hydrogen-bond acceptors (Lipinski definition) is 3. The summed E-state index contributed by atoms with van der Waals surface area (Å²) < 4.78 is 3.56. The Morgan fingerprint density at radius 3 is 2.60 bits per heavy atom. The lowest BCUT2D eigenvalue weighted by molar-refractivity contribution is 0.918. The van der Waals surface area contributed by atoms with Gasteiger partial charge in [-0.15, -0.1) is 10.2 Å². The predicted molar refractivity (Wildman–Crippen MR) is 86.1 cm³/mol. The van der Waals surface area contributed by atoms with Gasteiger partial charge in [-0.1, -0.05) is 43.5 Å². The molecule has 1 aromatic carbocycles. The van der Waals surface area contributed by atoms with E-state index in [9.17, 15) is 0 Å². The van der Waals surface area contributed by atoms with Gasteiger partial charge >= 0.3 is 0 Å². The van der Waals surface area contributed by atoms with Gasteiger partial charge in [-0.25, -0.2) is 0 Å². The molecule has 0 bridgehead atoms. The summed E-state index contributed by atoms with van der Waals surface area (Å²) >= 11 is 13.2. The van der Waals surface area contributed by atoms with Crippen LogP contribution in [-0.2, 0) is 0 Å². The molecule has 0 fully saturated rings. The lowest BCUT2D eigenvalue weighted by Crippen LogP contribution is -2.00. The average molecular weight is 417 g/mol. The van der Waals surface area contributed by atoms with E-state index in [1.54, 1.807) is 4.52 Å². The van der Waals surface area contributed by atoms with Crippen molar-refractivity contribution in [2.45, 2.75) is 13.8 Å². The van der Waals surface area contributed by atoms with Gasteiger partial charge in [0, 0.05) is 20.1 Å². The van der Waals surface area contributed by atoms with E-state index in [4.69, 9.17) is 11.6 Å². The minimum Gasteiger partial charge on any atom is -0.191 e. The summed E-state index contributed by atoms with van der Waals surface area (Å²) in [5.41, 5.74) is 3.52. The monoisotopic (exact) mass is 414 g/mol. The van der Waals surface area contributed by atoms with E-state index in [2.05, 4.69) is 47.2 Å². The number of aryl methyl sites for hydroxylation is 1. The SMILES string of the molecule is Cc1c(Cl)nn2c(-c3cc(Br)ccc3Br)nnc2c1C. The van der Waals surface area contributed by atoms with Crippen LogP contribution in [0.1, 0.15) is 11.1 Å². The lowest BCUT2D eigenvalue weighted by Gasteiger charge is -2.06. The molecule has 0 amide bonds. The summed E-state index contributed by atoms with van der Waals surface area (Å²) in [4.78, 5) is 0. The molecule has 2 aromatic heterocycles. The molecule has 0 aliphatic rings. The highest BCUT2D eigenvalue weighted by Crippen LogP contribution is 2.31. The molecular formula is C13H9Br2ClN4. The van der Waals surface area contributed by atoms with Crippen LogP contribution in [0, 0.1) is 13.8 Å². The van der Waals surface area contributed by atoms with Crippen molar-refractivity contribution < 1.29 is 0 Å². The molecule has 102 valence electrons. The number of aromatic nitrogens is 4. The van der Waals surface area contributed by atoms with Crippen LogP contribution in [-0.4, -0.2) is 19.8 Å². The largest absolute Gasteiger partial charge is 0.191 e. The summed E-state index contributed by atoms with van der Waals surface area (Å²) in [7, 11) is 0. The molecule has 0 aliphatic carbocycles. The summed E-state index contributed by atoms with van der Waals surface area (Å²) in [5.74, 6) is 0.651. The highest BCUT2D eigenvalue weighted by atomic mass is 79.9. The molecule has 20 heavy (non-hydrogen) atoms. The highest BCUT2D eigenvalue weighted by molar-refractivity contribution is 9.11. The molecule has 4 nitrogen and oxygen atoms in total. The Balaban J connectivity index is 2.36. The number of rotatable bonds is 1. The van der Waals surface area contributed by atoms with Crippen molar-refractivity contribution >= 4 is 49.1 Å². The average Bonchev–Trinajstić information content (AvgIpc) is 2.82. The number of benzene rings is 1. The first-order chi connectivity index (χ1) is 9.49.